The van der Waals surface area contributed by atoms with E-state index in [0.29, 0.717) is 6.54 Å². The molecule has 26 heavy (non-hydrogen) atoms. The molecule has 1 aromatic carbocycles. The molecule has 0 aliphatic carbocycles. The third-order valence-corrected chi connectivity index (χ3v) is 4.83. The van der Waals surface area contributed by atoms with Gasteiger partial charge in [0, 0.05) is 46.0 Å². The number of amides is 1. The van der Waals surface area contributed by atoms with E-state index in [2.05, 4.69) is 23.8 Å². The van der Waals surface area contributed by atoms with Gasteiger partial charge in [-0.25, -0.2) is 4.39 Å². The van der Waals surface area contributed by atoms with E-state index in [-0.39, 0.29) is 17.6 Å². The molecule has 0 spiro atoms. The summed E-state index contributed by atoms with van der Waals surface area (Å²) in [6, 6.07) is 6.65. The Balaban J connectivity index is 1.65. The largest absolute Gasteiger partial charge is 0.337 e. The Morgan fingerprint density at radius 3 is 2.58 bits per heavy atom. The van der Waals surface area contributed by atoms with Crippen LogP contribution >= 0.6 is 0 Å². The lowest BCUT2D eigenvalue weighted by atomic mass is 10.1. The van der Waals surface area contributed by atoms with E-state index in [9.17, 15) is 9.18 Å². The first-order valence-electron chi connectivity index (χ1n) is 9.23. The van der Waals surface area contributed by atoms with Crippen molar-refractivity contribution in [3.8, 4) is 0 Å². The molecule has 6 heteroatoms. The number of benzene rings is 1. The van der Waals surface area contributed by atoms with Crippen LogP contribution in [0.3, 0.4) is 0 Å². The molecule has 1 aliphatic heterocycles. The Morgan fingerprint density at radius 1 is 1.15 bits per heavy atom. The van der Waals surface area contributed by atoms with Crippen LogP contribution in [0.4, 0.5) is 4.39 Å². The molecule has 0 bridgehead atoms. The molecule has 1 aromatic heterocycles. The quantitative estimate of drug-likeness (QED) is 0.844. The van der Waals surface area contributed by atoms with Crippen molar-refractivity contribution < 1.29 is 9.18 Å². The molecule has 2 heterocycles. The van der Waals surface area contributed by atoms with Gasteiger partial charge in [0.1, 0.15) is 5.82 Å². The maximum atomic E-state index is 13.1. The molecule has 0 unspecified atom stereocenters. The Bertz CT molecular complexity index is 754. The second kappa shape index (κ2) is 7.99. The number of carbonyl (C=O) groups is 1. The van der Waals surface area contributed by atoms with Gasteiger partial charge in [0.05, 0.1) is 11.3 Å². The van der Waals surface area contributed by atoms with Crippen LogP contribution in [-0.2, 0) is 13.6 Å². The van der Waals surface area contributed by atoms with Crippen molar-refractivity contribution in [2.75, 3.05) is 26.2 Å². The van der Waals surface area contributed by atoms with E-state index in [4.69, 9.17) is 0 Å². The highest BCUT2D eigenvalue weighted by molar-refractivity contribution is 5.95. The maximum Gasteiger partial charge on any atom is 0.257 e. The van der Waals surface area contributed by atoms with Gasteiger partial charge in [0.2, 0.25) is 0 Å². The number of carbonyl (C=O) groups excluding carboxylic acids is 1. The van der Waals surface area contributed by atoms with Crippen LogP contribution in [0.5, 0.6) is 0 Å². The minimum atomic E-state index is -0.209. The van der Waals surface area contributed by atoms with Crippen molar-refractivity contribution in [2.24, 2.45) is 7.05 Å². The molecule has 0 N–H and O–H groups in total. The van der Waals surface area contributed by atoms with E-state index < -0.39 is 0 Å². The van der Waals surface area contributed by atoms with Crippen LogP contribution in [0.15, 0.2) is 30.5 Å². The standard InChI is InChI=1S/C20H27FN4O/c1-15(2)19-18(14-23(3)22-19)20(26)25-10-4-9-24(11-12-25)13-16-5-7-17(21)8-6-16/h5-8,14-15H,4,9-13H2,1-3H3. The van der Waals surface area contributed by atoms with Crippen molar-refractivity contribution in [1.29, 1.82) is 0 Å². The van der Waals surface area contributed by atoms with Gasteiger partial charge in [0.25, 0.3) is 5.91 Å². The highest BCUT2D eigenvalue weighted by Crippen LogP contribution is 2.20. The van der Waals surface area contributed by atoms with E-state index >= 15 is 0 Å². The van der Waals surface area contributed by atoms with Crippen LogP contribution < -0.4 is 0 Å². The number of nitrogens with zero attached hydrogens (tertiary/aromatic N) is 4. The van der Waals surface area contributed by atoms with Gasteiger partial charge >= 0.3 is 0 Å². The summed E-state index contributed by atoms with van der Waals surface area (Å²) in [4.78, 5) is 17.3. The number of hydrogen-bond donors (Lipinski definition) is 0. The van der Waals surface area contributed by atoms with Crippen molar-refractivity contribution in [3.05, 3.63) is 53.1 Å². The second-order valence-corrected chi connectivity index (χ2v) is 7.30. The number of halogens is 1. The van der Waals surface area contributed by atoms with Crippen LogP contribution in [-0.4, -0.2) is 51.7 Å². The summed E-state index contributed by atoms with van der Waals surface area (Å²) < 4.78 is 14.8. The van der Waals surface area contributed by atoms with E-state index in [1.54, 1.807) is 4.68 Å². The zero-order valence-electron chi connectivity index (χ0n) is 15.8. The first kappa shape index (κ1) is 18.6. The Labute approximate surface area is 154 Å². The number of aromatic nitrogens is 2. The first-order valence-corrected chi connectivity index (χ1v) is 9.23. The van der Waals surface area contributed by atoms with Crippen LogP contribution in [0.1, 0.15) is 47.8 Å². The molecule has 2 aromatic rings. The highest BCUT2D eigenvalue weighted by atomic mass is 19.1. The highest BCUT2D eigenvalue weighted by Gasteiger charge is 2.25. The van der Waals surface area contributed by atoms with E-state index in [1.165, 1.54) is 12.1 Å². The fourth-order valence-corrected chi connectivity index (χ4v) is 3.45. The van der Waals surface area contributed by atoms with Gasteiger partial charge in [-0.05, 0) is 30.0 Å². The first-order chi connectivity index (χ1) is 12.4. The smallest absolute Gasteiger partial charge is 0.257 e. The molecule has 0 radical (unpaired) electrons. The summed E-state index contributed by atoms with van der Waals surface area (Å²) >= 11 is 0. The molecule has 3 rings (SSSR count). The Hall–Kier alpha value is -2.21. The number of aryl methyl sites for hydroxylation is 1. The predicted octanol–water partition coefficient (Wildman–Crippen LogP) is 3.03. The molecule has 0 atom stereocenters. The fourth-order valence-electron chi connectivity index (χ4n) is 3.45. The van der Waals surface area contributed by atoms with Crippen molar-refractivity contribution >= 4 is 5.91 Å². The van der Waals surface area contributed by atoms with Gasteiger partial charge in [-0.2, -0.15) is 5.10 Å². The lowest BCUT2D eigenvalue weighted by Gasteiger charge is -2.22. The topological polar surface area (TPSA) is 41.4 Å². The molecule has 0 saturated carbocycles. The minimum Gasteiger partial charge on any atom is -0.337 e. The molecule has 5 nitrogen and oxygen atoms in total. The zero-order valence-corrected chi connectivity index (χ0v) is 15.8. The van der Waals surface area contributed by atoms with Crippen LogP contribution in [0.25, 0.3) is 0 Å². The molecular weight excluding hydrogens is 331 g/mol. The molecule has 140 valence electrons. The van der Waals surface area contributed by atoms with Gasteiger partial charge in [-0.1, -0.05) is 26.0 Å². The normalized spacial score (nSPS) is 16.1. The van der Waals surface area contributed by atoms with Gasteiger partial charge in [-0.15, -0.1) is 0 Å². The SMILES string of the molecule is CC(C)c1nn(C)cc1C(=O)N1CCCN(Cc2ccc(F)cc2)CC1. The van der Waals surface area contributed by atoms with Crippen molar-refractivity contribution in [2.45, 2.75) is 32.7 Å². The number of hydrogen-bond acceptors (Lipinski definition) is 3. The maximum absolute atomic E-state index is 13.1. The fraction of sp³-hybridized carbons (Fsp3) is 0.500. The van der Waals surface area contributed by atoms with E-state index in [1.807, 2.05) is 30.3 Å². The predicted molar refractivity (Wildman–Crippen MR) is 99.5 cm³/mol. The zero-order chi connectivity index (χ0) is 18.7. The van der Waals surface area contributed by atoms with Gasteiger partial charge in [0.15, 0.2) is 0 Å². The Morgan fingerprint density at radius 2 is 1.88 bits per heavy atom. The molecule has 1 amide bonds. The van der Waals surface area contributed by atoms with Gasteiger partial charge in [-0.3, -0.25) is 14.4 Å². The van der Waals surface area contributed by atoms with Gasteiger partial charge < -0.3 is 4.90 Å². The summed E-state index contributed by atoms with van der Waals surface area (Å²) in [5.41, 5.74) is 2.68. The summed E-state index contributed by atoms with van der Waals surface area (Å²) in [7, 11) is 1.86. The summed E-state index contributed by atoms with van der Waals surface area (Å²) in [6.07, 6.45) is 2.77. The number of rotatable bonds is 4. The summed E-state index contributed by atoms with van der Waals surface area (Å²) in [5, 5.41) is 4.46. The van der Waals surface area contributed by atoms with E-state index in [0.717, 1.165) is 49.4 Å². The molecule has 1 fully saturated rings. The average molecular weight is 358 g/mol. The minimum absolute atomic E-state index is 0.0745. The van der Waals surface area contributed by atoms with Crippen molar-refractivity contribution in [1.82, 2.24) is 19.6 Å². The average Bonchev–Trinajstić information content (AvgIpc) is 2.86. The molecular formula is C20H27FN4O. The van der Waals surface area contributed by atoms with Crippen LogP contribution in [0, 0.1) is 5.82 Å². The Kier molecular flexibility index (Phi) is 5.71. The monoisotopic (exact) mass is 358 g/mol. The molecule has 1 saturated heterocycles. The lowest BCUT2D eigenvalue weighted by Crippen LogP contribution is -2.35. The third kappa shape index (κ3) is 4.30. The summed E-state index contributed by atoms with van der Waals surface area (Å²) in [6.45, 7) is 8.12. The second-order valence-electron chi connectivity index (χ2n) is 7.30. The summed E-state index contributed by atoms with van der Waals surface area (Å²) in [5.74, 6) is 0.0846. The van der Waals surface area contributed by atoms with Crippen LogP contribution in [0.2, 0.25) is 0 Å². The lowest BCUT2D eigenvalue weighted by molar-refractivity contribution is 0.0759. The third-order valence-electron chi connectivity index (χ3n) is 4.83. The van der Waals surface area contributed by atoms with Crippen molar-refractivity contribution in [3.63, 3.8) is 0 Å². The molecule has 1 aliphatic rings.